The number of ether oxygens (including phenoxy) is 3. The van der Waals surface area contributed by atoms with Crippen LogP contribution in [-0.4, -0.2) is 77.7 Å². The summed E-state index contributed by atoms with van der Waals surface area (Å²) in [6, 6.07) is 2.52. The summed E-state index contributed by atoms with van der Waals surface area (Å²) in [6.45, 7) is 7.85. The fourth-order valence-corrected chi connectivity index (χ4v) is 4.10. The van der Waals surface area contributed by atoms with E-state index >= 15 is 4.39 Å². The Balaban J connectivity index is 1.74. The molecule has 0 saturated carbocycles. The summed E-state index contributed by atoms with van der Waals surface area (Å²) in [5, 5.41) is 9.29. The number of carboxylic acid groups (broad SMARTS) is 1. The Labute approximate surface area is 230 Å². The number of halogens is 1. The van der Waals surface area contributed by atoms with Gasteiger partial charge in [-0.1, -0.05) is 27.2 Å². The van der Waals surface area contributed by atoms with Crippen molar-refractivity contribution >= 4 is 40.6 Å². The molecule has 1 amide bonds. The first kappa shape index (κ1) is 30.4. The van der Waals surface area contributed by atoms with Crippen LogP contribution >= 0.6 is 0 Å². The highest BCUT2D eigenvalue weighted by Crippen LogP contribution is 2.26. The molecule has 1 aromatic carbocycles. The zero-order valence-corrected chi connectivity index (χ0v) is 23.0. The quantitative estimate of drug-likeness (QED) is 0.260. The number of nitrogens with zero attached hydrogens (tertiary/aromatic N) is 3. The van der Waals surface area contributed by atoms with E-state index in [4.69, 9.17) is 14.2 Å². The molecule has 0 radical (unpaired) electrons. The molecule has 1 unspecified atom stereocenters. The van der Waals surface area contributed by atoms with Crippen molar-refractivity contribution in [2.24, 2.45) is 5.92 Å². The van der Waals surface area contributed by atoms with Crippen LogP contribution in [0.5, 0.6) is 0 Å². The first-order valence-electron chi connectivity index (χ1n) is 13.2. The number of fused-ring (bicyclic) bond motifs is 1. The summed E-state index contributed by atoms with van der Waals surface area (Å²) in [5.74, 6) is -4.38. The smallest absolute Gasteiger partial charge is 0.413 e. The number of piperazine rings is 1. The number of rotatable bonds is 10. The van der Waals surface area contributed by atoms with Gasteiger partial charge in [-0.05, 0) is 25.5 Å². The van der Waals surface area contributed by atoms with Crippen LogP contribution in [0, 0.1) is 11.7 Å². The van der Waals surface area contributed by atoms with Crippen LogP contribution in [0.15, 0.2) is 23.1 Å². The number of pyridine rings is 1. The lowest BCUT2D eigenvalue weighted by atomic mass is 10.1. The van der Waals surface area contributed by atoms with Crippen molar-refractivity contribution in [2.45, 2.75) is 53.4 Å². The van der Waals surface area contributed by atoms with Gasteiger partial charge >= 0.3 is 30.3 Å². The van der Waals surface area contributed by atoms with Crippen molar-refractivity contribution in [1.29, 1.82) is 0 Å². The number of amides is 1. The predicted molar refractivity (Wildman–Crippen MR) is 142 cm³/mol. The van der Waals surface area contributed by atoms with E-state index in [-0.39, 0.29) is 43.9 Å². The normalized spacial score (nSPS) is 14.2. The topological polar surface area (TPSA) is 145 Å². The maximum absolute atomic E-state index is 15.1. The monoisotopic (exact) mass is 563 g/mol. The highest BCUT2D eigenvalue weighted by atomic mass is 19.1. The zero-order chi connectivity index (χ0) is 29.6. The SMILES string of the molecule is CCCCOC(=O)C(OC(=O)C(C)C)OC(=O)N1CCN(c2cc3c(cc2F)c(=O)c(C(=O)O)cn3CC)CC1. The Hall–Kier alpha value is -4.16. The molecule has 2 aromatic rings. The van der Waals surface area contributed by atoms with Crippen LogP contribution in [0.2, 0.25) is 0 Å². The van der Waals surface area contributed by atoms with E-state index in [9.17, 15) is 29.1 Å². The minimum atomic E-state index is -1.85. The lowest BCUT2D eigenvalue weighted by molar-refractivity contribution is -0.194. The van der Waals surface area contributed by atoms with Crippen molar-refractivity contribution in [2.75, 3.05) is 37.7 Å². The second-order valence-corrected chi connectivity index (χ2v) is 9.59. The molecule has 2 heterocycles. The number of carboxylic acids is 1. The van der Waals surface area contributed by atoms with Crippen molar-refractivity contribution in [1.82, 2.24) is 9.47 Å². The number of hydrogen-bond acceptors (Lipinski definition) is 9. The molecular weight excluding hydrogens is 529 g/mol. The summed E-state index contributed by atoms with van der Waals surface area (Å²) in [5.41, 5.74) is -0.646. The summed E-state index contributed by atoms with van der Waals surface area (Å²) in [6.07, 6.45) is -0.151. The Morgan fingerprint density at radius 3 is 2.27 bits per heavy atom. The molecule has 13 heteroatoms. The predicted octanol–water partition coefficient (Wildman–Crippen LogP) is 2.99. The fourth-order valence-electron chi connectivity index (χ4n) is 4.10. The van der Waals surface area contributed by atoms with Gasteiger partial charge in [-0.2, -0.15) is 0 Å². The number of esters is 2. The summed E-state index contributed by atoms with van der Waals surface area (Å²) in [7, 11) is 0. The number of aromatic carboxylic acids is 1. The molecule has 0 aliphatic carbocycles. The third-order valence-corrected chi connectivity index (χ3v) is 6.44. The second kappa shape index (κ2) is 13.3. The van der Waals surface area contributed by atoms with E-state index in [1.165, 1.54) is 17.2 Å². The third kappa shape index (κ3) is 6.88. The molecule has 0 spiro atoms. The number of unbranched alkanes of at least 4 members (excludes halogenated alkanes) is 1. The molecule has 1 fully saturated rings. The van der Waals surface area contributed by atoms with Gasteiger partial charge in [-0.25, -0.2) is 18.8 Å². The van der Waals surface area contributed by atoms with Gasteiger partial charge in [0.05, 0.1) is 23.7 Å². The van der Waals surface area contributed by atoms with Gasteiger partial charge in [0.15, 0.2) is 0 Å². The van der Waals surface area contributed by atoms with Crippen molar-refractivity contribution in [3.8, 4) is 0 Å². The first-order valence-corrected chi connectivity index (χ1v) is 13.2. The van der Waals surface area contributed by atoms with Crippen LogP contribution in [0.3, 0.4) is 0 Å². The highest BCUT2D eigenvalue weighted by molar-refractivity contribution is 5.93. The van der Waals surface area contributed by atoms with Gasteiger partial charge in [0, 0.05) is 44.3 Å². The Bertz CT molecular complexity index is 1330. The van der Waals surface area contributed by atoms with Crippen LogP contribution in [0.1, 0.15) is 50.9 Å². The van der Waals surface area contributed by atoms with Crippen molar-refractivity contribution < 1.29 is 42.9 Å². The van der Waals surface area contributed by atoms with Crippen LogP contribution in [0.4, 0.5) is 14.9 Å². The van der Waals surface area contributed by atoms with E-state index < -0.39 is 53.0 Å². The molecule has 1 atom stereocenters. The van der Waals surface area contributed by atoms with Gasteiger partial charge in [-0.15, -0.1) is 0 Å². The van der Waals surface area contributed by atoms with Crippen LogP contribution in [-0.2, 0) is 30.3 Å². The van der Waals surface area contributed by atoms with Gasteiger partial charge in [0.1, 0.15) is 11.4 Å². The van der Waals surface area contributed by atoms with E-state index in [0.29, 0.717) is 18.5 Å². The molecule has 3 rings (SSSR count). The number of carbonyl (C=O) groups excluding carboxylic acids is 3. The zero-order valence-electron chi connectivity index (χ0n) is 23.0. The van der Waals surface area contributed by atoms with Crippen molar-refractivity contribution in [3.63, 3.8) is 0 Å². The van der Waals surface area contributed by atoms with E-state index in [1.54, 1.807) is 30.2 Å². The number of aryl methyl sites for hydroxylation is 1. The lowest BCUT2D eigenvalue weighted by Gasteiger charge is -2.36. The second-order valence-electron chi connectivity index (χ2n) is 9.59. The van der Waals surface area contributed by atoms with Gasteiger partial charge in [0.25, 0.3) is 0 Å². The maximum atomic E-state index is 15.1. The number of hydrogen-bond donors (Lipinski definition) is 1. The van der Waals surface area contributed by atoms with Gasteiger partial charge in [-0.3, -0.25) is 9.59 Å². The Kier molecular flexibility index (Phi) is 10.1. The minimum absolute atomic E-state index is 0.0435. The molecule has 1 aliphatic rings. The summed E-state index contributed by atoms with van der Waals surface area (Å²) >= 11 is 0. The Morgan fingerprint density at radius 1 is 1.02 bits per heavy atom. The molecule has 0 bridgehead atoms. The van der Waals surface area contributed by atoms with E-state index in [0.717, 1.165) is 12.5 Å². The highest BCUT2D eigenvalue weighted by Gasteiger charge is 2.33. The summed E-state index contributed by atoms with van der Waals surface area (Å²) in [4.78, 5) is 64.3. The van der Waals surface area contributed by atoms with E-state index in [2.05, 4.69) is 0 Å². The molecule has 1 aliphatic heterocycles. The molecule has 1 N–H and O–H groups in total. The van der Waals surface area contributed by atoms with Gasteiger partial charge in [0.2, 0.25) is 5.43 Å². The largest absolute Gasteiger partial charge is 0.477 e. The van der Waals surface area contributed by atoms with E-state index in [1.807, 2.05) is 6.92 Å². The fraction of sp³-hybridized carbons (Fsp3) is 0.519. The number of anilines is 1. The molecule has 1 saturated heterocycles. The average molecular weight is 564 g/mol. The van der Waals surface area contributed by atoms with Crippen LogP contribution in [0.25, 0.3) is 10.9 Å². The lowest BCUT2D eigenvalue weighted by Crippen LogP contribution is -2.50. The van der Waals surface area contributed by atoms with Crippen molar-refractivity contribution in [3.05, 3.63) is 39.9 Å². The number of benzene rings is 1. The molecule has 1 aromatic heterocycles. The minimum Gasteiger partial charge on any atom is -0.477 e. The Morgan fingerprint density at radius 2 is 1.70 bits per heavy atom. The average Bonchev–Trinajstić information content (AvgIpc) is 2.92. The standard InChI is InChI=1S/C27H34FN3O9/c1-5-7-12-38-25(36)26(39-24(35)16(3)4)40-27(37)31-10-8-30(9-11-31)21-14-20-17(13-19(21)28)22(32)18(23(33)34)15-29(20)6-2/h13-16,26H,5-12H2,1-4H3,(H,33,34). The molecule has 12 nitrogen and oxygen atoms in total. The van der Waals surface area contributed by atoms with Gasteiger partial charge < -0.3 is 33.7 Å². The summed E-state index contributed by atoms with van der Waals surface area (Å²) < 4.78 is 32.0. The third-order valence-electron chi connectivity index (χ3n) is 6.44. The maximum Gasteiger partial charge on any atom is 0.413 e. The number of aromatic nitrogens is 1. The number of carbonyl (C=O) groups is 4. The molecular formula is C27H34FN3O9. The first-order chi connectivity index (χ1) is 19.0. The molecule has 218 valence electrons. The van der Waals surface area contributed by atoms with Crippen LogP contribution < -0.4 is 10.3 Å². The molecule has 40 heavy (non-hydrogen) atoms.